The van der Waals surface area contributed by atoms with Gasteiger partial charge in [-0.05, 0) is 42.6 Å². The Balaban J connectivity index is 2.39. The molecule has 0 bridgehead atoms. The third-order valence-corrected chi connectivity index (χ3v) is 3.17. The first-order chi connectivity index (χ1) is 11.1. The molecular weight excluding hydrogens is 292 g/mol. The normalized spacial score (nSPS) is 16.7. The van der Waals surface area contributed by atoms with E-state index in [1.54, 1.807) is 6.08 Å². The molecule has 0 aromatic carbocycles. The molecule has 124 valence electrons. The molecule has 1 aliphatic rings. The molecule has 0 aromatic heterocycles. The van der Waals surface area contributed by atoms with Crippen molar-refractivity contribution in [3.63, 3.8) is 0 Å². The maximum absolute atomic E-state index is 11.3. The molecule has 1 rings (SSSR count). The van der Waals surface area contributed by atoms with Gasteiger partial charge in [0.2, 0.25) is 5.78 Å². The average Bonchev–Trinajstić information content (AvgIpc) is 3.34. The Bertz CT molecular complexity index is 535. The standard InChI is InChI=1S/C19H24O4/c1-3-4-5-6-7-8-9-12-17(23-16(2)20)13-10-11-14-18(21)19-15-22-19/h9,12,17,19H,3-8,15H2,1-2H3/b12-9-. The van der Waals surface area contributed by atoms with Crippen molar-refractivity contribution in [3.8, 4) is 23.7 Å². The molecule has 2 atom stereocenters. The molecular formula is C19H24O4. The highest BCUT2D eigenvalue weighted by molar-refractivity contribution is 6.00. The number of epoxide rings is 1. The fourth-order valence-electron chi connectivity index (χ4n) is 1.86. The third kappa shape index (κ3) is 10.3. The summed E-state index contributed by atoms with van der Waals surface area (Å²) in [5, 5.41) is 0. The Hall–Kier alpha value is -2.04. The van der Waals surface area contributed by atoms with Gasteiger partial charge in [0.05, 0.1) is 6.61 Å². The molecule has 1 aliphatic heterocycles. The van der Waals surface area contributed by atoms with Crippen LogP contribution in [-0.4, -0.2) is 30.6 Å². The van der Waals surface area contributed by atoms with Gasteiger partial charge >= 0.3 is 5.97 Å². The van der Waals surface area contributed by atoms with Crippen LogP contribution in [0.3, 0.4) is 0 Å². The van der Waals surface area contributed by atoms with E-state index in [0.29, 0.717) is 6.61 Å². The van der Waals surface area contributed by atoms with Crippen molar-refractivity contribution in [1.29, 1.82) is 0 Å². The number of hydrogen-bond acceptors (Lipinski definition) is 4. The van der Waals surface area contributed by atoms with Crippen molar-refractivity contribution in [2.24, 2.45) is 0 Å². The Morgan fingerprint density at radius 3 is 2.65 bits per heavy atom. The summed E-state index contributed by atoms with van der Waals surface area (Å²) in [7, 11) is 0. The lowest BCUT2D eigenvalue weighted by Crippen LogP contribution is -2.11. The summed E-state index contributed by atoms with van der Waals surface area (Å²) < 4.78 is 9.91. The number of rotatable bonds is 9. The SMILES string of the molecule is CCCCCCC/C=C\C(C#CC#CC(=O)C1CO1)OC(C)=O. The molecule has 0 radical (unpaired) electrons. The highest BCUT2D eigenvalue weighted by atomic mass is 16.6. The van der Waals surface area contributed by atoms with Gasteiger partial charge in [-0.15, -0.1) is 0 Å². The monoisotopic (exact) mass is 316 g/mol. The molecule has 23 heavy (non-hydrogen) atoms. The zero-order chi connectivity index (χ0) is 16.9. The van der Waals surface area contributed by atoms with E-state index in [9.17, 15) is 9.59 Å². The number of ether oxygens (including phenoxy) is 2. The maximum Gasteiger partial charge on any atom is 0.304 e. The van der Waals surface area contributed by atoms with Crippen molar-refractivity contribution in [2.45, 2.75) is 64.6 Å². The van der Waals surface area contributed by atoms with Gasteiger partial charge in [-0.3, -0.25) is 9.59 Å². The summed E-state index contributed by atoms with van der Waals surface area (Å²) in [6.45, 7) is 3.97. The topological polar surface area (TPSA) is 55.9 Å². The quantitative estimate of drug-likeness (QED) is 0.164. The van der Waals surface area contributed by atoms with Gasteiger partial charge in [0.15, 0.2) is 12.2 Å². The van der Waals surface area contributed by atoms with Gasteiger partial charge in [-0.2, -0.15) is 0 Å². The lowest BCUT2D eigenvalue weighted by Gasteiger charge is -2.05. The lowest BCUT2D eigenvalue weighted by atomic mass is 10.1. The summed E-state index contributed by atoms with van der Waals surface area (Å²) in [5.41, 5.74) is 0. The van der Waals surface area contributed by atoms with Crippen LogP contribution in [0.1, 0.15) is 52.4 Å². The second kappa shape index (κ2) is 11.5. The van der Waals surface area contributed by atoms with Crippen molar-refractivity contribution in [3.05, 3.63) is 12.2 Å². The Labute approximate surface area is 138 Å². The van der Waals surface area contributed by atoms with Crippen LogP contribution in [0.2, 0.25) is 0 Å². The van der Waals surface area contributed by atoms with Crippen LogP contribution in [0.25, 0.3) is 0 Å². The van der Waals surface area contributed by atoms with E-state index in [0.717, 1.165) is 12.8 Å². The highest BCUT2D eigenvalue weighted by Crippen LogP contribution is 2.08. The molecule has 1 saturated heterocycles. The molecule has 0 saturated carbocycles. The molecule has 4 heteroatoms. The number of esters is 1. The molecule has 0 spiro atoms. The molecule has 1 fully saturated rings. The first-order valence-corrected chi connectivity index (χ1v) is 8.14. The summed E-state index contributed by atoms with van der Waals surface area (Å²) in [5.74, 6) is 9.50. The largest absolute Gasteiger partial charge is 0.445 e. The van der Waals surface area contributed by atoms with Gasteiger partial charge < -0.3 is 9.47 Å². The second-order valence-corrected chi connectivity index (χ2v) is 5.37. The fraction of sp³-hybridized carbons (Fsp3) is 0.579. The van der Waals surface area contributed by atoms with Gasteiger partial charge in [0.25, 0.3) is 0 Å². The second-order valence-electron chi connectivity index (χ2n) is 5.37. The van der Waals surface area contributed by atoms with E-state index in [1.807, 2.05) is 6.08 Å². The zero-order valence-corrected chi connectivity index (χ0v) is 13.9. The van der Waals surface area contributed by atoms with E-state index in [1.165, 1.54) is 32.6 Å². The summed E-state index contributed by atoms with van der Waals surface area (Å²) in [4.78, 5) is 22.4. The molecule has 0 N–H and O–H groups in total. The van der Waals surface area contributed by atoms with Crippen molar-refractivity contribution < 1.29 is 19.1 Å². The minimum atomic E-state index is -0.621. The van der Waals surface area contributed by atoms with E-state index in [4.69, 9.17) is 9.47 Å². The maximum atomic E-state index is 11.3. The van der Waals surface area contributed by atoms with Gasteiger partial charge in [0, 0.05) is 6.92 Å². The van der Waals surface area contributed by atoms with Gasteiger partial charge in [-0.25, -0.2) is 0 Å². The third-order valence-electron chi connectivity index (χ3n) is 3.17. The molecule has 4 nitrogen and oxygen atoms in total. The van der Waals surface area contributed by atoms with Crippen LogP contribution >= 0.6 is 0 Å². The Kier molecular flexibility index (Phi) is 9.52. The molecule has 1 heterocycles. The average molecular weight is 316 g/mol. The van der Waals surface area contributed by atoms with Crippen LogP contribution in [0.15, 0.2) is 12.2 Å². The van der Waals surface area contributed by atoms with Gasteiger partial charge in [0.1, 0.15) is 0 Å². The van der Waals surface area contributed by atoms with Crippen LogP contribution in [0.4, 0.5) is 0 Å². The molecule has 0 aromatic rings. The van der Waals surface area contributed by atoms with Crippen LogP contribution in [-0.2, 0) is 19.1 Å². The molecule has 2 unspecified atom stereocenters. The smallest absolute Gasteiger partial charge is 0.304 e. The highest BCUT2D eigenvalue weighted by Gasteiger charge is 2.29. The minimum absolute atomic E-state index is 0.258. The minimum Gasteiger partial charge on any atom is -0.445 e. The molecule has 0 aliphatic carbocycles. The van der Waals surface area contributed by atoms with Crippen molar-refractivity contribution in [1.82, 2.24) is 0 Å². The summed E-state index contributed by atoms with van der Waals surface area (Å²) in [6.07, 6.45) is 9.77. The number of carbonyl (C=O) groups is 2. The predicted molar refractivity (Wildman–Crippen MR) is 88.4 cm³/mol. The lowest BCUT2D eigenvalue weighted by molar-refractivity contribution is -0.142. The van der Waals surface area contributed by atoms with E-state index in [2.05, 4.69) is 30.6 Å². The van der Waals surface area contributed by atoms with Crippen molar-refractivity contribution in [2.75, 3.05) is 6.61 Å². The number of hydrogen-bond donors (Lipinski definition) is 0. The number of carbonyl (C=O) groups excluding carboxylic acids is 2. The van der Waals surface area contributed by atoms with Crippen molar-refractivity contribution >= 4 is 11.8 Å². The number of allylic oxidation sites excluding steroid dienone is 1. The van der Waals surface area contributed by atoms with Crippen LogP contribution in [0.5, 0.6) is 0 Å². The van der Waals surface area contributed by atoms with Crippen LogP contribution < -0.4 is 0 Å². The van der Waals surface area contributed by atoms with E-state index < -0.39 is 12.1 Å². The predicted octanol–water partition coefficient (Wildman–Crippen LogP) is 2.81. The van der Waals surface area contributed by atoms with E-state index in [-0.39, 0.29) is 11.9 Å². The first-order valence-electron chi connectivity index (χ1n) is 8.14. The fourth-order valence-corrected chi connectivity index (χ4v) is 1.86. The van der Waals surface area contributed by atoms with Gasteiger partial charge in [-0.1, -0.05) is 38.7 Å². The first kappa shape index (κ1) is 19.0. The number of ketones is 1. The summed E-state index contributed by atoms with van der Waals surface area (Å²) in [6, 6.07) is 0. The number of Topliss-reactive ketones (excluding diaryl/α,β-unsaturated/α-hetero) is 1. The number of unbranched alkanes of at least 4 members (excludes halogenated alkanes) is 5. The van der Waals surface area contributed by atoms with Crippen LogP contribution in [0, 0.1) is 23.7 Å². The molecule has 0 amide bonds. The van der Waals surface area contributed by atoms with E-state index >= 15 is 0 Å². The summed E-state index contributed by atoms with van der Waals surface area (Å²) >= 11 is 0. The zero-order valence-electron chi connectivity index (χ0n) is 13.9. The Morgan fingerprint density at radius 2 is 2.00 bits per heavy atom. The Morgan fingerprint density at radius 1 is 1.26 bits per heavy atom.